The summed E-state index contributed by atoms with van der Waals surface area (Å²) in [7, 11) is 0. The van der Waals surface area contributed by atoms with Crippen LogP contribution in [0.15, 0.2) is 91.0 Å². The van der Waals surface area contributed by atoms with E-state index in [-0.39, 0.29) is 13.0 Å². The topological polar surface area (TPSA) is 81.4 Å². The Morgan fingerprint density at radius 1 is 0.786 bits per heavy atom. The highest BCUT2D eigenvalue weighted by Crippen LogP contribution is 2.18. The van der Waals surface area contributed by atoms with Gasteiger partial charge in [0.25, 0.3) is 5.91 Å². The van der Waals surface area contributed by atoms with Crippen LogP contribution < -0.4 is 11.1 Å². The summed E-state index contributed by atoms with van der Waals surface area (Å²) >= 11 is 0. The van der Waals surface area contributed by atoms with Gasteiger partial charge in [-0.15, -0.1) is 0 Å². The second-order valence-electron chi connectivity index (χ2n) is 6.52. The molecule has 5 nitrogen and oxygen atoms in total. The monoisotopic (exact) mass is 374 g/mol. The molecule has 0 aliphatic rings. The van der Waals surface area contributed by atoms with Gasteiger partial charge in [0.05, 0.1) is 0 Å². The lowest BCUT2D eigenvalue weighted by Crippen LogP contribution is -2.59. The molecule has 5 heteroatoms. The van der Waals surface area contributed by atoms with Crippen molar-refractivity contribution in [1.82, 2.24) is 0 Å². The number of carbonyl (C=O) groups excluding carboxylic acids is 2. The zero-order chi connectivity index (χ0) is 19.8. The summed E-state index contributed by atoms with van der Waals surface area (Å²) in [5.74, 6) is -1.38. The van der Waals surface area contributed by atoms with Crippen LogP contribution in [-0.2, 0) is 27.4 Å². The normalized spacial score (nSPS) is 12.6. The van der Waals surface area contributed by atoms with Gasteiger partial charge in [-0.1, -0.05) is 78.9 Å². The highest BCUT2D eigenvalue weighted by atomic mass is 16.5. The third-order valence-corrected chi connectivity index (χ3v) is 4.34. The lowest BCUT2D eigenvalue weighted by Gasteiger charge is -2.26. The minimum atomic E-state index is -1.86. The summed E-state index contributed by atoms with van der Waals surface area (Å²) < 4.78 is 5.40. The molecule has 0 unspecified atom stereocenters. The van der Waals surface area contributed by atoms with Crippen molar-refractivity contribution in [3.8, 4) is 0 Å². The van der Waals surface area contributed by atoms with Crippen LogP contribution in [0.4, 0.5) is 5.69 Å². The fraction of sp³-hybridized carbons (Fsp3) is 0.130. The number of hydrogen-bond donors (Lipinski definition) is 2. The van der Waals surface area contributed by atoms with Gasteiger partial charge in [-0.2, -0.15) is 0 Å². The summed E-state index contributed by atoms with van der Waals surface area (Å²) in [6.07, 6.45) is 0.0279. The molecule has 3 aromatic rings. The quantitative estimate of drug-likeness (QED) is 0.491. The van der Waals surface area contributed by atoms with Gasteiger partial charge in [0.2, 0.25) is 0 Å². The Bertz CT molecular complexity index is 914. The molecule has 0 heterocycles. The molecule has 0 fully saturated rings. The molecule has 0 aliphatic carbocycles. The SMILES string of the molecule is N[C@@](Cc1ccccc1)(C(=O)Nc1ccccc1)C(=O)OCc1ccccc1. The first kappa shape index (κ1) is 19.3. The first-order chi connectivity index (χ1) is 13.6. The standard InChI is InChI=1S/C23H22N2O3/c24-23(16-18-10-4-1-5-11-18,21(26)25-20-14-8-3-9-15-20)22(27)28-17-19-12-6-2-7-13-19/h1-15H,16-17,24H2,(H,25,26)/t23-/m0/s1. The number of rotatable bonds is 7. The van der Waals surface area contributed by atoms with Crippen LogP contribution in [0, 0.1) is 0 Å². The van der Waals surface area contributed by atoms with Crippen LogP contribution in [0.1, 0.15) is 11.1 Å². The van der Waals surface area contributed by atoms with Crippen LogP contribution in [0.25, 0.3) is 0 Å². The average Bonchev–Trinajstić information content (AvgIpc) is 2.74. The van der Waals surface area contributed by atoms with Crippen LogP contribution >= 0.6 is 0 Å². The molecule has 3 rings (SSSR count). The van der Waals surface area contributed by atoms with Crippen LogP contribution in [0.2, 0.25) is 0 Å². The van der Waals surface area contributed by atoms with E-state index in [0.717, 1.165) is 11.1 Å². The van der Waals surface area contributed by atoms with E-state index in [1.165, 1.54) is 0 Å². The molecule has 0 spiro atoms. The molecule has 3 aromatic carbocycles. The van der Waals surface area contributed by atoms with Gasteiger partial charge in [-0.05, 0) is 23.3 Å². The number of benzene rings is 3. The second kappa shape index (κ2) is 8.97. The maximum atomic E-state index is 13.0. The summed E-state index contributed by atoms with van der Waals surface area (Å²) in [4.78, 5) is 25.8. The Morgan fingerprint density at radius 2 is 1.29 bits per heavy atom. The van der Waals surface area contributed by atoms with Gasteiger partial charge in [-0.3, -0.25) is 4.79 Å². The van der Waals surface area contributed by atoms with Crippen LogP contribution in [0.3, 0.4) is 0 Å². The molecule has 3 N–H and O–H groups in total. The van der Waals surface area contributed by atoms with E-state index >= 15 is 0 Å². The van der Waals surface area contributed by atoms with E-state index < -0.39 is 17.4 Å². The molecular formula is C23H22N2O3. The Kier molecular flexibility index (Phi) is 6.19. The zero-order valence-corrected chi connectivity index (χ0v) is 15.4. The van der Waals surface area contributed by atoms with Crippen LogP contribution in [-0.4, -0.2) is 17.4 Å². The predicted molar refractivity (Wildman–Crippen MR) is 108 cm³/mol. The van der Waals surface area contributed by atoms with Crippen molar-refractivity contribution in [2.45, 2.75) is 18.6 Å². The molecule has 0 radical (unpaired) electrons. The number of carbonyl (C=O) groups is 2. The molecule has 28 heavy (non-hydrogen) atoms. The largest absolute Gasteiger partial charge is 0.459 e. The molecule has 0 bridgehead atoms. The lowest BCUT2D eigenvalue weighted by molar-refractivity contribution is -0.154. The number of ether oxygens (including phenoxy) is 1. The number of amides is 1. The van der Waals surface area contributed by atoms with Crippen molar-refractivity contribution < 1.29 is 14.3 Å². The van der Waals surface area contributed by atoms with E-state index in [1.807, 2.05) is 66.7 Å². The maximum absolute atomic E-state index is 13.0. The average molecular weight is 374 g/mol. The Balaban J connectivity index is 1.80. The summed E-state index contributed by atoms with van der Waals surface area (Å²) in [6.45, 7) is 0.0476. The molecule has 0 aromatic heterocycles. The summed E-state index contributed by atoms with van der Waals surface area (Å²) in [5.41, 5.74) is 6.64. The smallest absolute Gasteiger partial charge is 0.336 e. The number of para-hydroxylation sites is 1. The fourth-order valence-corrected chi connectivity index (χ4v) is 2.78. The second-order valence-corrected chi connectivity index (χ2v) is 6.52. The van der Waals surface area contributed by atoms with Gasteiger partial charge >= 0.3 is 5.97 Å². The highest BCUT2D eigenvalue weighted by Gasteiger charge is 2.44. The van der Waals surface area contributed by atoms with E-state index in [2.05, 4.69) is 5.32 Å². The fourth-order valence-electron chi connectivity index (χ4n) is 2.78. The van der Waals surface area contributed by atoms with E-state index in [4.69, 9.17) is 10.5 Å². The zero-order valence-electron chi connectivity index (χ0n) is 15.4. The van der Waals surface area contributed by atoms with Gasteiger partial charge in [-0.25, -0.2) is 4.79 Å². The third kappa shape index (κ3) is 4.84. The van der Waals surface area contributed by atoms with E-state index in [9.17, 15) is 9.59 Å². The molecule has 0 saturated carbocycles. The van der Waals surface area contributed by atoms with Crippen molar-refractivity contribution in [2.24, 2.45) is 5.73 Å². The maximum Gasteiger partial charge on any atom is 0.336 e. The first-order valence-electron chi connectivity index (χ1n) is 8.98. The van der Waals surface area contributed by atoms with Crippen molar-refractivity contribution in [3.63, 3.8) is 0 Å². The lowest BCUT2D eigenvalue weighted by atomic mass is 9.90. The van der Waals surface area contributed by atoms with Gasteiger partial charge < -0.3 is 15.8 Å². The number of esters is 1. The van der Waals surface area contributed by atoms with Crippen molar-refractivity contribution in [1.29, 1.82) is 0 Å². The minimum Gasteiger partial charge on any atom is -0.459 e. The molecule has 1 amide bonds. The molecular weight excluding hydrogens is 352 g/mol. The predicted octanol–water partition coefficient (Wildman–Crippen LogP) is 3.31. The molecule has 1 atom stereocenters. The van der Waals surface area contributed by atoms with Crippen molar-refractivity contribution >= 4 is 17.6 Å². The van der Waals surface area contributed by atoms with Crippen molar-refractivity contribution in [3.05, 3.63) is 102 Å². The van der Waals surface area contributed by atoms with Gasteiger partial charge in [0, 0.05) is 12.1 Å². The number of hydrogen-bond acceptors (Lipinski definition) is 4. The molecule has 0 aliphatic heterocycles. The number of anilines is 1. The Morgan fingerprint density at radius 3 is 1.86 bits per heavy atom. The molecule has 142 valence electrons. The number of nitrogens with one attached hydrogen (secondary N) is 1. The Labute approximate surface area is 164 Å². The first-order valence-corrected chi connectivity index (χ1v) is 8.98. The molecule has 0 saturated heterocycles. The van der Waals surface area contributed by atoms with Gasteiger partial charge in [0.1, 0.15) is 6.61 Å². The third-order valence-electron chi connectivity index (χ3n) is 4.34. The minimum absolute atomic E-state index is 0.0279. The summed E-state index contributed by atoms with van der Waals surface area (Å²) in [6, 6.07) is 27.3. The van der Waals surface area contributed by atoms with E-state index in [0.29, 0.717) is 5.69 Å². The van der Waals surface area contributed by atoms with E-state index in [1.54, 1.807) is 24.3 Å². The van der Waals surface area contributed by atoms with Gasteiger partial charge in [0.15, 0.2) is 5.54 Å². The summed E-state index contributed by atoms with van der Waals surface area (Å²) in [5, 5.41) is 2.72. The van der Waals surface area contributed by atoms with Crippen molar-refractivity contribution in [2.75, 3.05) is 5.32 Å². The number of nitrogens with two attached hydrogens (primary N) is 1. The van der Waals surface area contributed by atoms with Crippen LogP contribution in [0.5, 0.6) is 0 Å². The Hall–Kier alpha value is -3.44. The highest BCUT2D eigenvalue weighted by molar-refractivity contribution is 6.13.